The molecule has 1 heterocycles. The molecule has 0 aliphatic carbocycles. The molecule has 2 aromatic carbocycles. The first-order valence-electron chi connectivity index (χ1n) is 7.28. The fourth-order valence-corrected chi connectivity index (χ4v) is 3.42. The lowest BCUT2D eigenvalue weighted by Gasteiger charge is -2.14. The molecule has 130 valence electrons. The number of tetrazole rings is 1. The molecule has 0 saturated carbocycles. The van der Waals surface area contributed by atoms with Crippen LogP contribution in [-0.2, 0) is 13.7 Å². The molecule has 0 spiro atoms. The van der Waals surface area contributed by atoms with E-state index in [0.29, 0.717) is 15.9 Å². The van der Waals surface area contributed by atoms with E-state index in [9.17, 15) is 9.90 Å². The number of rotatable bonds is 5. The van der Waals surface area contributed by atoms with Crippen molar-refractivity contribution in [1.29, 1.82) is 0 Å². The fraction of sp³-hybridized carbons (Fsp3) is 0.188. The van der Waals surface area contributed by atoms with Gasteiger partial charge in [-0.25, -0.2) is 4.79 Å². The summed E-state index contributed by atoms with van der Waals surface area (Å²) in [5, 5.41) is 17.2. The van der Waals surface area contributed by atoms with E-state index in [1.54, 1.807) is 43.1 Å². The summed E-state index contributed by atoms with van der Waals surface area (Å²) in [6, 6.07) is 10.4. The molecule has 7 nitrogen and oxygen atoms in total. The van der Waals surface area contributed by atoms with E-state index in [4.69, 9.17) is 4.74 Å². The predicted molar refractivity (Wildman–Crippen MR) is 98.5 cm³/mol. The van der Waals surface area contributed by atoms with E-state index in [1.807, 2.05) is 18.4 Å². The second-order valence-electron chi connectivity index (χ2n) is 5.16. The van der Waals surface area contributed by atoms with Gasteiger partial charge in [-0.05, 0) is 62.9 Å². The topological polar surface area (TPSA) is 82.2 Å². The quantitative estimate of drug-likeness (QED) is 0.636. The van der Waals surface area contributed by atoms with E-state index in [0.717, 1.165) is 10.5 Å². The second-order valence-corrected chi connectivity index (χ2v) is 6.86. The average molecular weight is 423 g/mol. The first kappa shape index (κ1) is 17.6. The van der Waals surface area contributed by atoms with Gasteiger partial charge in [0.1, 0.15) is 18.1 Å². The Morgan fingerprint density at radius 3 is 2.72 bits per heavy atom. The Bertz CT molecular complexity index is 970. The zero-order chi connectivity index (χ0) is 18.0. The molecule has 0 fully saturated rings. The van der Waals surface area contributed by atoms with Crippen molar-refractivity contribution in [2.45, 2.75) is 11.5 Å². The molecule has 0 saturated heterocycles. The van der Waals surface area contributed by atoms with Gasteiger partial charge in [0, 0.05) is 17.5 Å². The highest BCUT2D eigenvalue weighted by Crippen LogP contribution is 2.31. The molecule has 0 radical (unpaired) electrons. The maximum absolute atomic E-state index is 12.2. The van der Waals surface area contributed by atoms with E-state index in [2.05, 4.69) is 26.4 Å². The van der Waals surface area contributed by atoms with Crippen LogP contribution < -0.4 is 10.4 Å². The van der Waals surface area contributed by atoms with Crippen molar-refractivity contribution in [2.24, 2.45) is 7.05 Å². The van der Waals surface area contributed by atoms with Crippen molar-refractivity contribution < 1.29 is 9.84 Å². The average Bonchev–Trinajstić information content (AvgIpc) is 2.93. The number of halogens is 1. The molecule has 3 rings (SSSR count). The predicted octanol–water partition coefficient (Wildman–Crippen LogP) is 2.74. The van der Waals surface area contributed by atoms with Crippen LogP contribution in [0.2, 0.25) is 0 Å². The highest BCUT2D eigenvalue weighted by molar-refractivity contribution is 9.10. The summed E-state index contributed by atoms with van der Waals surface area (Å²) >= 11 is 4.92. The van der Waals surface area contributed by atoms with Gasteiger partial charge in [0.2, 0.25) is 0 Å². The molecule has 0 aliphatic heterocycles. The molecule has 0 amide bonds. The Kier molecular flexibility index (Phi) is 5.14. The van der Waals surface area contributed by atoms with Crippen molar-refractivity contribution in [3.05, 3.63) is 56.9 Å². The highest BCUT2D eigenvalue weighted by Gasteiger charge is 2.15. The van der Waals surface area contributed by atoms with Crippen molar-refractivity contribution in [3.8, 4) is 17.2 Å². The minimum absolute atomic E-state index is 0.149. The number of nitrogens with zero attached hydrogens (tertiary/aromatic N) is 4. The molecule has 0 unspecified atom stereocenters. The third kappa shape index (κ3) is 3.57. The van der Waals surface area contributed by atoms with Crippen molar-refractivity contribution >= 4 is 27.7 Å². The first-order chi connectivity index (χ1) is 12.0. The number of aromatic hydroxyl groups is 1. The summed E-state index contributed by atoms with van der Waals surface area (Å²) < 4.78 is 8.96. The van der Waals surface area contributed by atoms with Gasteiger partial charge in [0.25, 0.3) is 0 Å². The van der Waals surface area contributed by atoms with Crippen LogP contribution in [0.3, 0.4) is 0 Å². The van der Waals surface area contributed by atoms with Gasteiger partial charge in [0.15, 0.2) is 0 Å². The summed E-state index contributed by atoms with van der Waals surface area (Å²) in [5.41, 5.74) is 1.13. The number of phenolic OH excluding ortho intramolecular Hbond substituents is 1. The lowest BCUT2D eigenvalue weighted by Crippen LogP contribution is -2.23. The number of hydrogen-bond acceptors (Lipinski definition) is 6. The van der Waals surface area contributed by atoms with E-state index in [1.165, 1.54) is 9.36 Å². The third-order valence-electron chi connectivity index (χ3n) is 3.57. The molecule has 9 heteroatoms. The van der Waals surface area contributed by atoms with Crippen LogP contribution in [0.5, 0.6) is 11.5 Å². The standard InChI is InChI=1S/C16H15BrN4O3S/c1-20-16(23)21(19-18-20)13-4-3-5-15(25-2)11(13)9-24-14-7-6-10(22)8-12(14)17/h3-8,22H,9H2,1-2H3. The monoisotopic (exact) mass is 422 g/mol. The van der Waals surface area contributed by atoms with E-state index in [-0.39, 0.29) is 18.0 Å². The van der Waals surface area contributed by atoms with Crippen molar-refractivity contribution in [2.75, 3.05) is 6.26 Å². The van der Waals surface area contributed by atoms with Gasteiger partial charge in [-0.15, -0.1) is 11.8 Å². The summed E-state index contributed by atoms with van der Waals surface area (Å²) in [6.07, 6.45) is 1.96. The Balaban J connectivity index is 1.99. The number of hydrogen-bond donors (Lipinski definition) is 1. The van der Waals surface area contributed by atoms with Crippen LogP contribution in [0.25, 0.3) is 5.69 Å². The lowest BCUT2D eigenvalue weighted by molar-refractivity contribution is 0.300. The number of thioether (sulfide) groups is 1. The molecule has 0 atom stereocenters. The number of aromatic nitrogens is 4. The highest BCUT2D eigenvalue weighted by atomic mass is 79.9. The Hall–Kier alpha value is -2.26. The normalized spacial score (nSPS) is 10.8. The molecular formula is C16H15BrN4O3S. The summed E-state index contributed by atoms with van der Waals surface area (Å²) in [5.74, 6) is 0.738. The van der Waals surface area contributed by atoms with Crippen LogP contribution in [0.15, 0.2) is 50.6 Å². The third-order valence-corrected chi connectivity index (χ3v) is 5.01. The van der Waals surface area contributed by atoms with Crippen LogP contribution >= 0.6 is 27.7 Å². The van der Waals surface area contributed by atoms with Gasteiger partial charge in [-0.2, -0.15) is 9.36 Å². The van der Waals surface area contributed by atoms with Crippen LogP contribution in [-0.4, -0.2) is 31.2 Å². The fourth-order valence-electron chi connectivity index (χ4n) is 2.31. The molecule has 0 bridgehead atoms. The van der Waals surface area contributed by atoms with Gasteiger partial charge in [-0.1, -0.05) is 6.07 Å². The van der Waals surface area contributed by atoms with Crippen LogP contribution in [0, 0.1) is 0 Å². The molecule has 25 heavy (non-hydrogen) atoms. The van der Waals surface area contributed by atoms with Crippen molar-refractivity contribution in [3.63, 3.8) is 0 Å². The summed E-state index contributed by atoms with van der Waals surface area (Å²) in [6.45, 7) is 0.235. The zero-order valence-corrected chi connectivity index (χ0v) is 15.9. The van der Waals surface area contributed by atoms with Crippen molar-refractivity contribution in [1.82, 2.24) is 19.8 Å². The summed E-state index contributed by atoms with van der Waals surface area (Å²) in [4.78, 5) is 13.2. The molecular weight excluding hydrogens is 408 g/mol. The van der Waals surface area contributed by atoms with E-state index < -0.39 is 0 Å². The minimum Gasteiger partial charge on any atom is -0.508 e. The maximum atomic E-state index is 12.2. The zero-order valence-electron chi connectivity index (χ0n) is 13.5. The first-order valence-corrected chi connectivity index (χ1v) is 9.29. The molecule has 1 N–H and O–H groups in total. The Morgan fingerprint density at radius 2 is 2.08 bits per heavy atom. The Morgan fingerprint density at radius 1 is 1.28 bits per heavy atom. The molecule has 1 aromatic heterocycles. The van der Waals surface area contributed by atoms with Crippen LogP contribution in [0.4, 0.5) is 0 Å². The van der Waals surface area contributed by atoms with Crippen LogP contribution in [0.1, 0.15) is 5.56 Å². The smallest absolute Gasteiger partial charge is 0.368 e. The number of phenols is 1. The largest absolute Gasteiger partial charge is 0.508 e. The summed E-state index contributed by atoms with van der Waals surface area (Å²) in [7, 11) is 1.55. The van der Waals surface area contributed by atoms with Gasteiger partial charge >= 0.3 is 5.69 Å². The second kappa shape index (κ2) is 7.32. The minimum atomic E-state index is -0.328. The molecule has 0 aliphatic rings. The number of ether oxygens (including phenoxy) is 1. The SMILES string of the molecule is CSc1cccc(-n2nnn(C)c2=O)c1COc1ccc(O)cc1Br. The van der Waals surface area contributed by atoms with Gasteiger partial charge in [0.05, 0.1) is 10.2 Å². The number of benzene rings is 2. The maximum Gasteiger partial charge on any atom is 0.368 e. The lowest BCUT2D eigenvalue weighted by atomic mass is 10.2. The van der Waals surface area contributed by atoms with Gasteiger partial charge < -0.3 is 9.84 Å². The van der Waals surface area contributed by atoms with Gasteiger partial charge in [-0.3, -0.25) is 0 Å². The Labute approximate surface area is 156 Å². The number of aryl methyl sites for hydroxylation is 1. The van der Waals surface area contributed by atoms with E-state index >= 15 is 0 Å². The molecule has 3 aromatic rings.